The molecule has 1 atom stereocenters. The molecule has 0 bridgehead atoms. The first kappa shape index (κ1) is 4.63. The van der Waals surface area contributed by atoms with Gasteiger partial charge in [0.1, 0.15) is 0 Å². The minimum absolute atomic E-state index is 0.0348. The van der Waals surface area contributed by atoms with Crippen LogP contribution in [0.4, 0.5) is 0 Å². The maximum absolute atomic E-state index is 7.00. The molecular weight excluding hydrogens is 140 g/mol. The maximum atomic E-state index is 7.00. The summed E-state index contributed by atoms with van der Waals surface area (Å²) in [5, 5.41) is -0.0348. The van der Waals surface area contributed by atoms with Crippen molar-refractivity contribution in [1.29, 1.82) is 0 Å². The molecule has 0 heterocycles. The van der Waals surface area contributed by atoms with Crippen LogP contribution in [0.25, 0.3) is 0 Å². The van der Waals surface area contributed by atoms with Crippen molar-refractivity contribution in [1.82, 2.24) is 0 Å². The van der Waals surface area contributed by atoms with E-state index in [4.69, 9.17) is 1.37 Å². The summed E-state index contributed by atoms with van der Waals surface area (Å²) in [6.45, 7) is 2.13. The zero-order valence-corrected chi connectivity index (χ0v) is 5.66. The molecule has 0 rings (SSSR count). The lowest BCUT2D eigenvalue weighted by atomic mass is 10.3. The minimum atomic E-state index is -0.0348. The van der Waals surface area contributed by atoms with Crippen LogP contribution in [-0.4, -0.2) is 5.31 Å². The molecule has 0 amide bonds. The standard InChI is InChI=1S/C5H11Br/c1-2-3-4-5-6/h2-5H2,1H3/i5D. The van der Waals surface area contributed by atoms with E-state index >= 15 is 0 Å². The average molecular weight is 152 g/mol. The Hall–Kier alpha value is 0.480. The number of rotatable bonds is 3. The first-order valence-electron chi connectivity index (χ1n) is 2.91. The maximum Gasteiger partial charge on any atom is 0.0387 e. The van der Waals surface area contributed by atoms with E-state index < -0.39 is 0 Å². The second kappa shape index (κ2) is 5.48. The van der Waals surface area contributed by atoms with Crippen molar-refractivity contribution in [2.75, 3.05) is 5.31 Å². The van der Waals surface area contributed by atoms with Crippen LogP contribution in [0, 0.1) is 0 Å². The van der Waals surface area contributed by atoms with Crippen LogP contribution in [0.5, 0.6) is 0 Å². The number of unbranched alkanes of at least 4 members (excludes halogenated alkanes) is 1. The Labute approximate surface area is 49.5 Å². The van der Waals surface area contributed by atoms with Crippen LogP contribution in [0.2, 0.25) is 0 Å². The Morgan fingerprint density at radius 2 is 2.33 bits per heavy atom. The van der Waals surface area contributed by atoms with E-state index in [-0.39, 0.29) is 5.31 Å². The summed E-state index contributed by atoms with van der Waals surface area (Å²) in [6, 6.07) is 0. The Balaban J connectivity index is 2.68. The van der Waals surface area contributed by atoms with Crippen molar-refractivity contribution in [3.05, 3.63) is 0 Å². The molecule has 1 heteroatoms. The van der Waals surface area contributed by atoms with Gasteiger partial charge in [-0.15, -0.1) is 0 Å². The molecule has 0 fully saturated rings. The summed E-state index contributed by atoms with van der Waals surface area (Å²) in [4.78, 5) is 0. The zero-order valence-electron chi connectivity index (χ0n) is 5.08. The smallest absolute Gasteiger partial charge is 0.0387 e. The number of hydrogen-bond donors (Lipinski definition) is 0. The minimum Gasteiger partial charge on any atom is -0.0928 e. The van der Waals surface area contributed by atoms with Gasteiger partial charge in [-0.05, 0) is 6.42 Å². The molecule has 0 aromatic carbocycles. The molecular formula is C5H11Br. The fraction of sp³-hybridized carbons (Fsp3) is 1.00. The van der Waals surface area contributed by atoms with Crippen LogP contribution in [0.1, 0.15) is 27.6 Å². The van der Waals surface area contributed by atoms with Gasteiger partial charge < -0.3 is 0 Å². The Bertz CT molecular complexity index is 37.1. The monoisotopic (exact) mass is 151 g/mol. The molecule has 0 N–H and O–H groups in total. The van der Waals surface area contributed by atoms with Crippen molar-refractivity contribution < 1.29 is 1.37 Å². The molecule has 0 radical (unpaired) electrons. The van der Waals surface area contributed by atoms with Gasteiger partial charge in [0, 0.05) is 6.68 Å². The van der Waals surface area contributed by atoms with Crippen molar-refractivity contribution >= 4 is 15.9 Å². The summed E-state index contributed by atoms with van der Waals surface area (Å²) >= 11 is 3.14. The molecule has 0 aromatic rings. The van der Waals surface area contributed by atoms with Gasteiger partial charge in [0.15, 0.2) is 0 Å². The van der Waals surface area contributed by atoms with E-state index in [1.54, 1.807) is 0 Å². The highest BCUT2D eigenvalue weighted by Gasteiger charge is 1.76. The largest absolute Gasteiger partial charge is 0.0928 e. The number of hydrogen-bond acceptors (Lipinski definition) is 0. The molecule has 6 heavy (non-hydrogen) atoms. The van der Waals surface area contributed by atoms with Gasteiger partial charge in [-0.25, -0.2) is 0 Å². The van der Waals surface area contributed by atoms with E-state index in [0.717, 1.165) is 6.42 Å². The first-order chi connectivity index (χ1) is 3.27. The van der Waals surface area contributed by atoms with Crippen LogP contribution >= 0.6 is 15.9 Å². The van der Waals surface area contributed by atoms with Crippen molar-refractivity contribution in [3.8, 4) is 0 Å². The Morgan fingerprint density at radius 1 is 1.67 bits per heavy atom. The second-order valence-corrected chi connectivity index (χ2v) is 1.94. The topological polar surface area (TPSA) is 0 Å². The van der Waals surface area contributed by atoms with E-state index in [1.807, 2.05) is 0 Å². The highest BCUT2D eigenvalue weighted by Crippen LogP contribution is 1.95. The molecule has 0 nitrogen and oxygen atoms in total. The van der Waals surface area contributed by atoms with Crippen LogP contribution in [0.3, 0.4) is 0 Å². The fourth-order valence-corrected chi connectivity index (χ4v) is 0.605. The predicted octanol–water partition coefficient (Wildman–Crippen LogP) is 2.57. The highest BCUT2D eigenvalue weighted by molar-refractivity contribution is 9.09. The predicted molar refractivity (Wildman–Crippen MR) is 33.3 cm³/mol. The molecule has 0 saturated carbocycles. The fourth-order valence-electron chi connectivity index (χ4n) is 0.281. The summed E-state index contributed by atoms with van der Waals surface area (Å²) < 4.78 is 7.00. The molecule has 38 valence electrons. The quantitative estimate of drug-likeness (QED) is 0.545. The van der Waals surface area contributed by atoms with Crippen molar-refractivity contribution in [2.45, 2.75) is 26.2 Å². The van der Waals surface area contributed by atoms with Crippen LogP contribution in [-0.2, 0) is 0 Å². The average Bonchev–Trinajstić information content (AvgIpc) is 1.61. The Kier molecular flexibility index (Phi) is 4.23. The molecule has 0 aliphatic heterocycles. The first-order valence-corrected chi connectivity index (χ1v) is 3.25. The van der Waals surface area contributed by atoms with Gasteiger partial charge in [-0.1, -0.05) is 35.7 Å². The van der Waals surface area contributed by atoms with Gasteiger partial charge in [0.25, 0.3) is 0 Å². The molecule has 0 aliphatic carbocycles. The summed E-state index contributed by atoms with van der Waals surface area (Å²) in [5.41, 5.74) is 0. The van der Waals surface area contributed by atoms with Gasteiger partial charge in [0.05, 0.1) is 0 Å². The van der Waals surface area contributed by atoms with Gasteiger partial charge in [0.2, 0.25) is 0 Å². The van der Waals surface area contributed by atoms with Gasteiger partial charge in [-0.2, -0.15) is 0 Å². The lowest BCUT2D eigenvalue weighted by Gasteiger charge is -1.85. The highest BCUT2D eigenvalue weighted by atomic mass is 79.9. The van der Waals surface area contributed by atoms with E-state index in [0.29, 0.717) is 0 Å². The molecule has 0 spiro atoms. The summed E-state index contributed by atoms with van der Waals surface area (Å²) in [5.74, 6) is 0. The van der Waals surface area contributed by atoms with Crippen molar-refractivity contribution in [3.63, 3.8) is 0 Å². The lowest BCUT2D eigenvalue weighted by molar-refractivity contribution is 0.781. The Morgan fingerprint density at radius 3 is 2.50 bits per heavy atom. The van der Waals surface area contributed by atoms with Crippen LogP contribution < -0.4 is 0 Å². The number of halogens is 1. The van der Waals surface area contributed by atoms with Gasteiger partial charge in [-0.3, -0.25) is 0 Å². The molecule has 0 aliphatic rings. The summed E-state index contributed by atoms with van der Waals surface area (Å²) in [7, 11) is 0. The third kappa shape index (κ3) is 4.48. The van der Waals surface area contributed by atoms with E-state index in [1.165, 1.54) is 12.8 Å². The van der Waals surface area contributed by atoms with E-state index in [9.17, 15) is 0 Å². The van der Waals surface area contributed by atoms with E-state index in [2.05, 4.69) is 22.9 Å². The second-order valence-electron chi connectivity index (χ2n) is 1.30. The molecule has 0 saturated heterocycles. The third-order valence-electron chi connectivity index (χ3n) is 0.667. The van der Waals surface area contributed by atoms with Gasteiger partial charge >= 0.3 is 0 Å². The molecule has 1 unspecified atom stereocenters. The lowest BCUT2D eigenvalue weighted by Crippen LogP contribution is -1.70. The normalized spacial score (nSPS) is 16.7. The zero-order chi connectivity index (χ0) is 5.70. The van der Waals surface area contributed by atoms with Crippen LogP contribution in [0.15, 0.2) is 0 Å². The van der Waals surface area contributed by atoms with Crippen molar-refractivity contribution in [2.24, 2.45) is 0 Å². The summed E-state index contributed by atoms with van der Waals surface area (Å²) in [6.07, 6.45) is 3.34. The third-order valence-corrected chi connectivity index (χ3v) is 1.12. The molecule has 0 aromatic heterocycles. The number of alkyl halides is 1. The SMILES string of the molecule is [2H]C(Br)CCCC.